The summed E-state index contributed by atoms with van der Waals surface area (Å²) in [6.07, 6.45) is -22.4. The van der Waals surface area contributed by atoms with E-state index in [4.69, 9.17) is 0 Å². The number of fused-ring (bicyclic) bond motifs is 1. The molecule has 3 amide bonds. The van der Waals surface area contributed by atoms with E-state index in [1.807, 2.05) is 0 Å². The van der Waals surface area contributed by atoms with Crippen molar-refractivity contribution in [1.82, 2.24) is 10.6 Å². The molecule has 1 aliphatic heterocycles. The molecule has 0 bridgehead atoms. The zero-order chi connectivity index (χ0) is 36.4. The van der Waals surface area contributed by atoms with Crippen molar-refractivity contribution in [3.05, 3.63) is 58.7 Å². The molecule has 2 aromatic rings. The van der Waals surface area contributed by atoms with E-state index >= 15 is 0 Å². The maximum absolute atomic E-state index is 13.8. The summed E-state index contributed by atoms with van der Waals surface area (Å²) in [6, 6.07) is 1.63. The number of nitrogens with one attached hydrogen (secondary N) is 2. The predicted octanol–water partition coefficient (Wildman–Crippen LogP) is 6.97. The Morgan fingerprint density at radius 1 is 0.837 bits per heavy atom. The third-order valence-electron chi connectivity index (χ3n) is 8.65. The minimum absolute atomic E-state index is 0.0168. The largest absolute Gasteiger partial charge is 0.573 e. The fraction of sp³-hybridized carbons (Fsp3) is 0.500. The van der Waals surface area contributed by atoms with Crippen LogP contribution in [-0.2, 0) is 39.7 Å². The monoisotopic (exact) mass is 719 g/mol. The molecule has 1 unspecified atom stereocenters. The Labute approximate surface area is 268 Å². The fourth-order valence-electron chi connectivity index (χ4n) is 5.70. The minimum atomic E-state index is -5.24. The van der Waals surface area contributed by atoms with Crippen molar-refractivity contribution in [2.75, 3.05) is 4.90 Å². The third-order valence-corrected chi connectivity index (χ3v) is 8.65. The van der Waals surface area contributed by atoms with Crippen molar-refractivity contribution in [2.24, 2.45) is 5.41 Å². The molecule has 19 heteroatoms. The lowest BCUT2D eigenvalue weighted by Gasteiger charge is -2.28. The van der Waals surface area contributed by atoms with Crippen molar-refractivity contribution in [2.45, 2.75) is 88.0 Å². The first-order chi connectivity index (χ1) is 22.4. The predicted molar refractivity (Wildman–Crippen MR) is 143 cm³/mol. The summed E-state index contributed by atoms with van der Waals surface area (Å²) in [6.45, 7) is -0.952. The Balaban J connectivity index is 1.44. The molecular weight excluding hydrogens is 694 g/mol. The van der Waals surface area contributed by atoms with Crippen LogP contribution in [0.4, 0.5) is 58.4 Å². The molecule has 268 valence electrons. The Bertz CT molecular complexity index is 1610. The molecule has 0 radical (unpaired) electrons. The van der Waals surface area contributed by atoms with Gasteiger partial charge < -0.3 is 20.3 Å². The molecular formula is C30H25F12N3O4. The number of benzene rings is 2. The summed E-state index contributed by atoms with van der Waals surface area (Å²) in [5.74, 6) is -3.86. The number of ether oxygens (including phenoxy) is 1. The van der Waals surface area contributed by atoms with E-state index in [-0.39, 0.29) is 55.8 Å². The van der Waals surface area contributed by atoms with E-state index in [9.17, 15) is 67.1 Å². The van der Waals surface area contributed by atoms with Gasteiger partial charge in [-0.25, -0.2) is 0 Å². The second kappa shape index (κ2) is 12.0. The number of carbonyl (C=O) groups excluding carboxylic acids is 3. The van der Waals surface area contributed by atoms with Crippen LogP contribution in [0.3, 0.4) is 0 Å². The van der Waals surface area contributed by atoms with E-state index in [0.29, 0.717) is 17.0 Å². The molecule has 0 saturated heterocycles. The molecule has 2 fully saturated rings. The first-order valence-corrected chi connectivity index (χ1v) is 14.6. The van der Waals surface area contributed by atoms with Crippen LogP contribution in [0.1, 0.15) is 60.8 Å². The molecule has 3 aliphatic rings. The molecule has 7 nitrogen and oxygen atoms in total. The second-order valence-electron chi connectivity index (χ2n) is 12.3. The van der Waals surface area contributed by atoms with Gasteiger partial charge in [0.2, 0.25) is 17.7 Å². The van der Waals surface area contributed by atoms with Crippen LogP contribution in [0.5, 0.6) is 5.75 Å². The highest BCUT2D eigenvalue weighted by Gasteiger charge is 2.64. The number of alkyl halides is 12. The van der Waals surface area contributed by atoms with Crippen molar-refractivity contribution in [1.29, 1.82) is 0 Å². The highest BCUT2D eigenvalue weighted by atomic mass is 19.4. The van der Waals surface area contributed by atoms with Gasteiger partial charge in [-0.15, -0.1) is 13.2 Å². The second-order valence-corrected chi connectivity index (χ2v) is 12.3. The van der Waals surface area contributed by atoms with Crippen molar-refractivity contribution in [3.63, 3.8) is 0 Å². The summed E-state index contributed by atoms with van der Waals surface area (Å²) >= 11 is 0. The highest BCUT2D eigenvalue weighted by Crippen LogP contribution is 2.60. The molecule has 5 rings (SSSR count). The van der Waals surface area contributed by atoms with E-state index in [1.165, 1.54) is 0 Å². The lowest BCUT2D eigenvalue weighted by molar-refractivity contribution is -0.274. The number of anilines is 1. The van der Waals surface area contributed by atoms with Gasteiger partial charge in [0.25, 0.3) is 0 Å². The van der Waals surface area contributed by atoms with E-state index in [0.717, 1.165) is 18.2 Å². The topological polar surface area (TPSA) is 87.7 Å². The van der Waals surface area contributed by atoms with Crippen molar-refractivity contribution in [3.8, 4) is 5.75 Å². The molecule has 1 atom stereocenters. The molecule has 0 spiro atoms. The maximum atomic E-state index is 13.8. The first-order valence-electron chi connectivity index (χ1n) is 14.6. The normalized spacial score (nSPS) is 20.2. The van der Waals surface area contributed by atoms with E-state index in [2.05, 4.69) is 15.4 Å². The quantitative estimate of drug-likeness (QED) is 0.289. The average molecular weight is 720 g/mol. The molecule has 2 aliphatic carbocycles. The zero-order valence-electron chi connectivity index (χ0n) is 24.8. The molecule has 2 saturated carbocycles. The summed E-state index contributed by atoms with van der Waals surface area (Å²) < 4.78 is 164. The van der Waals surface area contributed by atoms with Gasteiger partial charge >= 0.3 is 24.9 Å². The smallest absolute Gasteiger partial charge is 0.406 e. The molecule has 2 aromatic carbocycles. The Morgan fingerprint density at radius 2 is 1.43 bits per heavy atom. The van der Waals surface area contributed by atoms with Crippen molar-refractivity contribution >= 4 is 23.4 Å². The maximum Gasteiger partial charge on any atom is 0.573 e. The number of nitrogens with zero attached hydrogens (tertiary/aromatic N) is 1. The van der Waals surface area contributed by atoms with E-state index in [1.54, 1.807) is 0 Å². The van der Waals surface area contributed by atoms with Crippen LogP contribution >= 0.6 is 0 Å². The summed E-state index contributed by atoms with van der Waals surface area (Å²) in [7, 11) is 0. The number of amides is 3. The van der Waals surface area contributed by atoms with Gasteiger partial charge in [-0.1, -0.05) is 0 Å². The van der Waals surface area contributed by atoms with Crippen LogP contribution in [0.2, 0.25) is 0 Å². The first kappa shape index (κ1) is 36.1. The number of hydrogen-bond donors (Lipinski definition) is 2. The van der Waals surface area contributed by atoms with Gasteiger partial charge in [0.1, 0.15) is 17.3 Å². The number of halogens is 12. The van der Waals surface area contributed by atoms with Crippen LogP contribution < -0.4 is 20.3 Å². The van der Waals surface area contributed by atoms with Crippen LogP contribution in [0, 0.1) is 5.41 Å². The third kappa shape index (κ3) is 8.01. The fourth-order valence-corrected chi connectivity index (χ4v) is 5.70. The number of aryl methyl sites for hydroxylation is 1. The average Bonchev–Trinajstić information content (AvgIpc) is 3.88. The molecule has 1 heterocycles. The summed E-state index contributed by atoms with van der Waals surface area (Å²) in [5.41, 5.74) is -8.16. The zero-order valence-corrected chi connectivity index (χ0v) is 24.8. The summed E-state index contributed by atoms with van der Waals surface area (Å²) in [5, 5.41) is 4.64. The van der Waals surface area contributed by atoms with Gasteiger partial charge in [-0.3, -0.25) is 14.4 Å². The number of carbonyl (C=O) groups is 3. The standard InChI is InChI=1S/C30H25F12N3O4/c31-27(32,33)17-9-15(10-18(12-17)28(34,35)36)14-45-21-4-2-19(49-30(40,41)42)11-16(21)1-3-20(23(45)47)43-24(48)26(7-8-26)44-22(46)13-25(5-6-25)29(37,38)39/h2,4,9-12,20H,1,3,5-8,13-14H2,(H,43,48)(H,44,46). The minimum Gasteiger partial charge on any atom is -0.406 e. The Kier molecular flexibility index (Phi) is 8.84. The van der Waals surface area contributed by atoms with E-state index < -0.39 is 95.0 Å². The number of rotatable bonds is 8. The Morgan fingerprint density at radius 3 is 1.92 bits per heavy atom. The van der Waals surface area contributed by atoms with Crippen molar-refractivity contribution < 1.29 is 71.8 Å². The summed E-state index contributed by atoms with van der Waals surface area (Å²) in [4.78, 5) is 40.4. The lowest BCUT2D eigenvalue weighted by Crippen LogP contribution is -2.55. The van der Waals surface area contributed by atoms with Crippen LogP contribution in [-0.4, -0.2) is 41.8 Å². The molecule has 49 heavy (non-hydrogen) atoms. The van der Waals surface area contributed by atoms with Crippen LogP contribution in [0.15, 0.2) is 36.4 Å². The van der Waals surface area contributed by atoms with Gasteiger partial charge in [-0.05, 0) is 86.1 Å². The highest BCUT2D eigenvalue weighted by molar-refractivity contribution is 6.02. The Hall–Kier alpha value is -4.19. The van der Waals surface area contributed by atoms with Gasteiger partial charge in [0.05, 0.1) is 23.1 Å². The van der Waals surface area contributed by atoms with Gasteiger partial charge in [0, 0.05) is 12.1 Å². The lowest BCUT2D eigenvalue weighted by atomic mass is 10.0. The molecule has 0 aromatic heterocycles. The van der Waals surface area contributed by atoms with Gasteiger partial charge in [0.15, 0.2) is 0 Å². The SMILES string of the molecule is O=C(CC1(C(F)(F)F)CC1)NC1(C(=O)NC2CCc3cc(OC(F)(F)F)ccc3N(Cc3cc(C(F)(F)F)cc(C(F)(F)F)c3)C2=O)CC1. The van der Waals surface area contributed by atoms with Crippen LogP contribution in [0.25, 0.3) is 0 Å². The molecule has 2 N–H and O–H groups in total. The number of hydrogen-bond acceptors (Lipinski definition) is 4. The van der Waals surface area contributed by atoms with Gasteiger partial charge in [-0.2, -0.15) is 39.5 Å².